The van der Waals surface area contributed by atoms with Crippen molar-refractivity contribution in [1.29, 1.82) is 0 Å². The molecule has 0 atom stereocenters. The van der Waals surface area contributed by atoms with E-state index in [1.165, 1.54) is 12.8 Å². The van der Waals surface area contributed by atoms with Crippen molar-refractivity contribution in [3.05, 3.63) is 41.6 Å². The highest BCUT2D eigenvalue weighted by Crippen LogP contribution is 2.27. The molecule has 1 aliphatic carbocycles. The number of benzene rings is 1. The molecule has 5 heteroatoms. The normalized spacial score (nSPS) is 18.8. The fraction of sp³-hybridized carbons (Fsp3) is 0.500. The Morgan fingerprint density at radius 2 is 1.81 bits per heavy atom. The molecular weight excluding hydrogens is 338 g/mol. The summed E-state index contributed by atoms with van der Waals surface area (Å²) in [6, 6.07) is 7.89. The summed E-state index contributed by atoms with van der Waals surface area (Å²) >= 11 is 0. The minimum atomic E-state index is -0.0476. The van der Waals surface area contributed by atoms with Gasteiger partial charge in [0.1, 0.15) is 0 Å². The van der Waals surface area contributed by atoms with Crippen LogP contribution in [0.5, 0.6) is 0 Å². The maximum atomic E-state index is 12.8. The largest absolute Gasteiger partial charge is 0.349 e. The maximum absolute atomic E-state index is 12.8. The number of nitrogens with zero attached hydrogens (tertiary/aromatic N) is 2. The molecule has 1 N–H and O–H groups in total. The van der Waals surface area contributed by atoms with Gasteiger partial charge < -0.3 is 10.2 Å². The Hall–Kier alpha value is -2.43. The molecule has 0 radical (unpaired) electrons. The molecule has 1 saturated heterocycles. The summed E-state index contributed by atoms with van der Waals surface area (Å²) in [5.41, 5.74) is 2.63. The van der Waals surface area contributed by atoms with Crippen molar-refractivity contribution in [3.8, 4) is 0 Å². The predicted molar refractivity (Wildman–Crippen MR) is 106 cm³/mol. The van der Waals surface area contributed by atoms with Gasteiger partial charge in [-0.15, -0.1) is 0 Å². The second-order valence-corrected chi connectivity index (χ2v) is 7.93. The molecule has 2 amide bonds. The van der Waals surface area contributed by atoms with Gasteiger partial charge in [0.2, 0.25) is 5.91 Å². The molecule has 0 unspecified atom stereocenters. The van der Waals surface area contributed by atoms with Gasteiger partial charge >= 0.3 is 0 Å². The van der Waals surface area contributed by atoms with E-state index >= 15 is 0 Å². The lowest BCUT2D eigenvalue weighted by Crippen LogP contribution is -2.47. The van der Waals surface area contributed by atoms with Gasteiger partial charge in [0.05, 0.1) is 11.1 Å². The lowest BCUT2D eigenvalue weighted by molar-refractivity contribution is -0.136. The number of hydrogen-bond donors (Lipinski definition) is 1. The van der Waals surface area contributed by atoms with Crippen LogP contribution >= 0.6 is 0 Å². The summed E-state index contributed by atoms with van der Waals surface area (Å²) in [6.07, 6.45) is 7.80. The lowest BCUT2D eigenvalue weighted by Gasteiger charge is -2.34. The number of amides is 2. The zero-order valence-electron chi connectivity index (χ0n) is 15.9. The quantitative estimate of drug-likeness (QED) is 0.906. The van der Waals surface area contributed by atoms with Gasteiger partial charge in [-0.3, -0.25) is 14.6 Å². The molecule has 2 aromatic rings. The molecule has 1 aliphatic heterocycles. The minimum Gasteiger partial charge on any atom is -0.349 e. The second kappa shape index (κ2) is 7.67. The summed E-state index contributed by atoms with van der Waals surface area (Å²) in [6.45, 7) is 3.51. The van der Waals surface area contributed by atoms with E-state index in [1.807, 2.05) is 30.0 Å². The number of piperidine rings is 1. The molecule has 2 heterocycles. The van der Waals surface area contributed by atoms with Crippen molar-refractivity contribution in [2.75, 3.05) is 13.1 Å². The fourth-order valence-corrected chi connectivity index (χ4v) is 4.40. The Kier molecular flexibility index (Phi) is 5.10. The Balaban J connectivity index is 1.39. The molecule has 0 spiro atoms. The Bertz CT molecular complexity index is 850. The van der Waals surface area contributed by atoms with E-state index in [2.05, 4.69) is 10.3 Å². The van der Waals surface area contributed by atoms with Gasteiger partial charge in [0, 0.05) is 36.6 Å². The van der Waals surface area contributed by atoms with E-state index in [-0.39, 0.29) is 17.9 Å². The fourth-order valence-electron chi connectivity index (χ4n) is 4.40. The summed E-state index contributed by atoms with van der Waals surface area (Å²) in [5.74, 6) is 0.518. The van der Waals surface area contributed by atoms with E-state index in [1.54, 1.807) is 12.3 Å². The Morgan fingerprint density at radius 1 is 1.07 bits per heavy atom. The maximum Gasteiger partial charge on any atom is 0.252 e. The van der Waals surface area contributed by atoms with Crippen molar-refractivity contribution >= 4 is 22.7 Å². The summed E-state index contributed by atoms with van der Waals surface area (Å²) in [7, 11) is 0. The smallest absolute Gasteiger partial charge is 0.252 e. The lowest BCUT2D eigenvalue weighted by atomic mass is 10.00. The van der Waals surface area contributed by atoms with Crippen molar-refractivity contribution in [2.24, 2.45) is 5.92 Å². The number of aryl methyl sites for hydroxylation is 1. The average molecular weight is 365 g/mol. The number of carbonyl (C=O) groups is 2. The topological polar surface area (TPSA) is 62.3 Å². The van der Waals surface area contributed by atoms with Crippen LogP contribution in [-0.2, 0) is 4.79 Å². The zero-order chi connectivity index (χ0) is 18.8. The van der Waals surface area contributed by atoms with E-state index in [0.29, 0.717) is 11.5 Å². The van der Waals surface area contributed by atoms with E-state index in [9.17, 15) is 9.59 Å². The van der Waals surface area contributed by atoms with Crippen LogP contribution in [0.4, 0.5) is 0 Å². The van der Waals surface area contributed by atoms with Gasteiger partial charge in [-0.1, -0.05) is 24.5 Å². The molecule has 27 heavy (non-hydrogen) atoms. The average Bonchev–Trinajstić information content (AvgIpc) is 3.22. The van der Waals surface area contributed by atoms with E-state index in [0.717, 1.165) is 55.2 Å². The van der Waals surface area contributed by atoms with Crippen LogP contribution in [0.25, 0.3) is 10.9 Å². The van der Waals surface area contributed by atoms with E-state index < -0.39 is 0 Å². The third kappa shape index (κ3) is 3.82. The van der Waals surface area contributed by atoms with Crippen LogP contribution in [0.15, 0.2) is 30.5 Å². The third-order valence-electron chi connectivity index (χ3n) is 5.99. The highest BCUT2D eigenvalue weighted by Gasteiger charge is 2.30. The first-order valence-electron chi connectivity index (χ1n) is 10.1. The highest BCUT2D eigenvalue weighted by atomic mass is 16.2. The molecule has 4 rings (SSSR count). The van der Waals surface area contributed by atoms with Gasteiger partial charge in [-0.05, 0) is 50.8 Å². The first-order chi connectivity index (χ1) is 13.1. The molecule has 2 fully saturated rings. The second-order valence-electron chi connectivity index (χ2n) is 7.93. The number of nitrogens with one attached hydrogen (secondary N) is 1. The molecule has 5 nitrogen and oxygen atoms in total. The van der Waals surface area contributed by atoms with Crippen molar-refractivity contribution in [3.63, 3.8) is 0 Å². The highest BCUT2D eigenvalue weighted by molar-refractivity contribution is 6.06. The summed E-state index contributed by atoms with van der Waals surface area (Å²) in [5, 5.41) is 4.06. The van der Waals surface area contributed by atoms with E-state index in [4.69, 9.17) is 0 Å². The van der Waals surface area contributed by atoms with Crippen molar-refractivity contribution in [2.45, 2.75) is 51.5 Å². The first kappa shape index (κ1) is 18.0. The van der Waals surface area contributed by atoms with Gasteiger partial charge in [-0.25, -0.2) is 0 Å². The summed E-state index contributed by atoms with van der Waals surface area (Å²) in [4.78, 5) is 31.8. The monoisotopic (exact) mass is 365 g/mol. The van der Waals surface area contributed by atoms with Crippen LogP contribution in [0.2, 0.25) is 0 Å². The summed E-state index contributed by atoms with van der Waals surface area (Å²) < 4.78 is 0. The first-order valence-corrected chi connectivity index (χ1v) is 10.1. The predicted octanol–water partition coefficient (Wildman–Crippen LogP) is 3.45. The number of rotatable bonds is 3. The van der Waals surface area contributed by atoms with Crippen LogP contribution in [0.1, 0.15) is 54.4 Å². The number of likely N-dealkylation sites (tertiary alicyclic amines) is 1. The molecule has 1 saturated carbocycles. The number of aromatic nitrogens is 1. The minimum absolute atomic E-state index is 0.0476. The molecule has 1 aromatic heterocycles. The van der Waals surface area contributed by atoms with Crippen LogP contribution in [-0.4, -0.2) is 40.8 Å². The van der Waals surface area contributed by atoms with Gasteiger partial charge in [0.15, 0.2) is 0 Å². The zero-order valence-corrected chi connectivity index (χ0v) is 15.9. The van der Waals surface area contributed by atoms with Crippen LogP contribution in [0, 0.1) is 12.8 Å². The third-order valence-corrected chi connectivity index (χ3v) is 5.99. The Morgan fingerprint density at radius 3 is 2.56 bits per heavy atom. The molecule has 1 aromatic carbocycles. The van der Waals surface area contributed by atoms with Gasteiger partial charge in [-0.2, -0.15) is 0 Å². The van der Waals surface area contributed by atoms with Gasteiger partial charge in [0.25, 0.3) is 5.91 Å². The van der Waals surface area contributed by atoms with Crippen LogP contribution in [0.3, 0.4) is 0 Å². The molecule has 0 bridgehead atoms. The number of pyridine rings is 1. The number of carbonyl (C=O) groups excluding carboxylic acids is 2. The SMILES string of the molecule is Cc1ccc2nccc(C(=O)NC3CCN(C(=O)C4CCCC4)CC3)c2c1. The Labute approximate surface area is 160 Å². The standard InChI is InChI=1S/C22H27N3O2/c1-15-6-7-20-19(14-15)18(8-11-23-20)21(26)24-17-9-12-25(13-10-17)22(27)16-4-2-3-5-16/h6-8,11,14,16-17H,2-5,9-10,12-13H2,1H3,(H,24,26). The van der Waals surface area contributed by atoms with Crippen molar-refractivity contribution in [1.82, 2.24) is 15.2 Å². The molecular formula is C22H27N3O2. The van der Waals surface area contributed by atoms with Crippen molar-refractivity contribution < 1.29 is 9.59 Å². The number of hydrogen-bond acceptors (Lipinski definition) is 3. The molecule has 142 valence electrons. The number of fused-ring (bicyclic) bond motifs is 1. The van der Waals surface area contributed by atoms with Crippen LogP contribution < -0.4 is 5.32 Å². The molecule has 2 aliphatic rings.